The van der Waals surface area contributed by atoms with Gasteiger partial charge in [-0.3, -0.25) is 0 Å². The van der Waals surface area contributed by atoms with Gasteiger partial charge >= 0.3 is 0 Å². The molecule has 0 aliphatic heterocycles. The third-order valence-corrected chi connectivity index (χ3v) is 3.33. The SMILES string of the molecule is COc1ccc(C)cc1SCc1ccco1. The predicted molar refractivity (Wildman–Crippen MR) is 66.0 cm³/mol. The zero-order valence-electron chi connectivity index (χ0n) is 9.40. The van der Waals surface area contributed by atoms with Gasteiger partial charge in [0.1, 0.15) is 11.5 Å². The van der Waals surface area contributed by atoms with E-state index in [9.17, 15) is 0 Å². The maximum absolute atomic E-state index is 5.32. The molecular formula is C13H14O2S. The Labute approximate surface area is 99.6 Å². The lowest BCUT2D eigenvalue weighted by Gasteiger charge is -2.08. The molecule has 1 aromatic carbocycles. The van der Waals surface area contributed by atoms with Crippen LogP contribution in [0.25, 0.3) is 0 Å². The molecule has 0 amide bonds. The molecule has 2 aromatic rings. The lowest BCUT2D eigenvalue weighted by atomic mass is 10.2. The molecule has 1 aromatic heterocycles. The van der Waals surface area contributed by atoms with E-state index >= 15 is 0 Å². The number of furan rings is 1. The first-order valence-electron chi connectivity index (χ1n) is 5.09. The first-order chi connectivity index (χ1) is 7.79. The van der Waals surface area contributed by atoms with Gasteiger partial charge in [0.2, 0.25) is 0 Å². The number of aryl methyl sites for hydroxylation is 1. The molecule has 84 valence electrons. The van der Waals surface area contributed by atoms with E-state index in [1.165, 1.54) is 5.56 Å². The molecule has 0 aliphatic rings. The van der Waals surface area contributed by atoms with Gasteiger partial charge in [-0.15, -0.1) is 11.8 Å². The Bertz CT molecular complexity index is 449. The van der Waals surface area contributed by atoms with Gasteiger partial charge in [0, 0.05) is 0 Å². The maximum atomic E-state index is 5.32. The van der Waals surface area contributed by atoms with E-state index in [0.717, 1.165) is 22.2 Å². The molecule has 1 heterocycles. The molecule has 0 unspecified atom stereocenters. The maximum Gasteiger partial charge on any atom is 0.132 e. The van der Waals surface area contributed by atoms with Crippen molar-refractivity contribution in [1.82, 2.24) is 0 Å². The topological polar surface area (TPSA) is 22.4 Å². The van der Waals surface area contributed by atoms with Crippen molar-refractivity contribution in [2.24, 2.45) is 0 Å². The molecule has 0 atom stereocenters. The zero-order valence-corrected chi connectivity index (χ0v) is 10.2. The molecule has 16 heavy (non-hydrogen) atoms. The second-order valence-corrected chi connectivity index (χ2v) is 4.54. The quantitative estimate of drug-likeness (QED) is 0.749. The lowest BCUT2D eigenvalue weighted by Crippen LogP contribution is -1.87. The zero-order chi connectivity index (χ0) is 11.4. The van der Waals surface area contributed by atoms with E-state index in [-0.39, 0.29) is 0 Å². The minimum atomic E-state index is 0.826. The number of thioether (sulfide) groups is 1. The Morgan fingerprint density at radius 2 is 2.19 bits per heavy atom. The fourth-order valence-electron chi connectivity index (χ4n) is 1.44. The van der Waals surface area contributed by atoms with E-state index in [1.807, 2.05) is 18.2 Å². The molecule has 0 saturated heterocycles. The monoisotopic (exact) mass is 234 g/mol. The summed E-state index contributed by atoms with van der Waals surface area (Å²) in [7, 11) is 1.70. The first kappa shape index (κ1) is 11.1. The second-order valence-electron chi connectivity index (χ2n) is 3.52. The van der Waals surface area contributed by atoms with Crippen LogP contribution < -0.4 is 4.74 Å². The smallest absolute Gasteiger partial charge is 0.132 e. The molecule has 2 rings (SSSR count). The van der Waals surface area contributed by atoms with Gasteiger partial charge in [0.05, 0.1) is 24.0 Å². The molecule has 0 aliphatic carbocycles. The Morgan fingerprint density at radius 3 is 2.88 bits per heavy atom. The third kappa shape index (κ3) is 2.61. The van der Waals surface area contributed by atoms with Crippen LogP contribution >= 0.6 is 11.8 Å². The molecule has 0 radical (unpaired) electrons. The number of hydrogen-bond acceptors (Lipinski definition) is 3. The summed E-state index contributed by atoms with van der Waals surface area (Å²) in [5, 5.41) is 0. The molecule has 0 spiro atoms. The van der Waals surface area contributed by atoms with Crippen LogP contribution in [0.4, 0.5) is 0 Å². The number of rotatable bonds is 4. The minimum Gasteiger partial charge on any atom is -0.496 e. The summed E-state index contributed by atoms with van der Waals surface area (Å²) in [5.41, 5.74) is 1.24. The van der Waals surface area contributed by atoms with Crippen LogP contribution in [-0.4, -0.2) is 7.11 Å². The number of ether oxygens (including phenoxy) is 1. The van der Waals surface area contributed by atoms with Gasteiger partial charge in [-0.2, -0.15) is 0 Å². The van der Waals surface area contributed by atoms with Crippen molar-refractivity contribution in [2.75, 3.05) is 7.11 Å². The van der Waals surface area contributed by atoms with E-state index < -0.39 is 0 Å². The average Bonchev–Trinajstić information content (AvgIpc) is 2.79. The highest BCUT2D eigenvalue weighted by atomic mass is 32.2. The van der Waals surface area contributed by atoms with Crippen molar-refractivity contribution in [1.29, 1.82) is 0 Å². The van der Waals surface area contributed by atoms with Crippen molar-refractivity contribution in [2.45, 2.75) is 17.6 Å². The van der Waals surface area contributed by atoms with Crippen molar-refractivity contribution < 1.29 is 9.15 Å². The van der Waals surface area contributed by atoms with Crippen LogP contribution in [0.2, 0.25) is 0 Å². The summed E-state index contributed by atoms with van der Waals surface area (Å²) >= 11 is 1.72. The molecule has 2 nitrogen and oxygen atoms in total. The van der Waals surface area contributed by atoms with Crippen LogP contribution in [-0.2, 0) is 5.75 Å². The molecule has 0 N–H and O–H groups in total. The molecule has 0 fully saturated rings. The van der Waals surface area contributed by atoms with Crippen molar-refractivity contribution in [3.63, 3.8) is 0 Å². The van der Waals surface area contributed by atoms with E-state index in [4.69, 9.17) is 9.15 Å². The number of hydrogen-bond donors (Lipinski definition) is 0. The van der Waals surface area contributed by atoms with E-state index in [1.54, 1.807) is 25.1 Å². The van der Waals surface area contributed by atoms with Gasteiger partial charge in [-0.05, 0) is 36.8 Å². The van der Waals surface area contributed by atoms with Crippen LogP contribution in [0.5, 0.6) is 5.75 Å². The molecular weight excluding hydrogens is 220 g/mol. The highest BCUT2D eigenvalue weighted by Crippen LogP contribution is 2.32. The summed E-state index contributed by atoms with van der Waals surface area (Å²) in [6.45, 7) is 2.08. The molecule has 0 saturated carbocycles. The summed E-state index contributed by atoms with van der Waals surface area (Å²) in [4.78, 5) is 1.15. The fraction of sp³-hybridized carbons (Fsp3) is 0.231. The van der Waals surface area contributed by atoms with E-state index in [2.05, 4.69) is 19.1 Å². The Morgan fingerprint density at radius 1 is 1.31 bits per heavy atom. The van der Waals surface area contributed by atoms with Gasteiger partial charge in [-0.25, -0.2) is 0 Å². The Kier molecular flexibility index (Phi) is 3.57. The highest BCUT2D eigenvalue weighted by Gasteiger charge is 2.05. The third-order valence-electron chi connectivity index (χ3n) is 2.27. The van der Waals surface area contributed by atoms with Gasteiger partial charge < -0.3 is 9.15 Å². The average molecular weight is 234 g/mol. The van der Waals surface area contributed by atoms with Crippen molar-refractivity contribution in [3.8, 4) is 5.75 Å². The van der Waals surface area contributed by atoms with Crippen LogP contribution in [0.15, 0.2) is 45.9 Å². The van der Waals surface area contributed by atoms with Crippen LogP contribution in [0.1, 0.15) is 11.3 Å². The summed E-state index contributed by atoms with van der Waals surface area (Å²) in [6, 6.07) is 10.1. The molecule has 0 bridgehead atoms. The van der Waals surface area contributed by atoms with E-state index in [0.29, 0.717) is 0 Å². The minimum absolute atomic E-state index is 0.826. The normalized spacial score (nSPS) is 10.4. The predicted octanol–water partition coefficient (Wildman–Crippen LogP) is 3.89. The fourth-order valence-corrected chi connectivity index (χ4v) is 2.47. The summed E-state index contributed by atoms with van der Waals surface area (Å²) in [6.07, 6.45) is 1.70. The summed E-state index contributed by atoms with van der Waals surface area (Å²) < 4.78 is 10.6. The Hall–Kier alpha value is -1.35. The van der Waals surface area contributed by atoms with Crippen LogP contribution in [0, 0.1) is 6.92 Å². The first-order valence-corrected chi connectivity index (χ1v) is 6.08. The van der Waals surface area contributed by atoms with Crippen molar-refractivity contribution >= 4 is 11.8 Å². The standard InChI is InChI=1S/C13H14O2S/c1-10-5-6-12(14-2)13(8-10)16-9-11-4-3-7-15-11/h3-8H,9H2,1-2H3. The molecule has 3 heteroatoms. The lowest BCUT2D eigenvalue weighted by molar-refractivity contribution is 0.404. The second kappa shape index (κ2) is 5.12. The largest absolute Gasteiger partial charge is 0.496 e. The van der Waals surface area contributed by atoms with Crippen LogP contribution in [0.3, 0.4) is 0 Å². The number of benzene rings is 1. The van der Waals surface area contributed by atoms with Gasteiger partial charge in [-0.1, -0.05) is 6.07 Å². The number of methoxy groups -OCH3 is 1. The van der Waals surface area contributed by atoms with Crippen molar-refractivity contribution in [3.05, 3.63) is 47.9 Å². The van der Waals surface area contributed by atoms with Gasteiger partial charge in [0.25, 0.3) is 0 Å². The summed E-state index contributed by atoms with van der Waals surface area (Å²) in [5.74, 6) is 2.73. The highest BCUT2D eigenvalue weighted by molar-refractivity contribution is 7.98. The Balaban J connectivity index is 2.11. The van der Waals surface area contributed by atoms with Gasteiger partial charge in [0.15, 0.2) is 0 Å².